The zero-order valence-corrected chi connectivity index (χ0v) is 23.6. The van der Waals surface area contributed by atoms with Gasteiger partial charge in [-0.15, -0.1) is 0 Å². The average Bonchev–Trinajstić information content (AvgIpc) is 3.36. The maximum Gasteiger partial charge on any atom is 0.337 e. The van der Waals surface area contributed by atoms with Gasteiger partial charge in [-0.1, -0.05) is 0 Å². The molecule has 3 aromatic rings. The second kappa shape index (κ2) is 13.3. The second-order valence-corrected chi connectivity index (χ2v) is 8.98. The monoisotopic (exact) mass is 579 g/mol. The molecule has 8 nitrogen and oxygen atoms in total. The number of likely N-dealkylation sites (N-methyl/N-ethyl adjacent to an activating group) is 1. The van der Waals surface area contributed by atoms with Crippen LogP contribution in [0.15, 0.2) is 66.4 Å². The Bertz CT molecular complexity index is 1370. The third-order valence-corrected chi connectivity index (χ3v) is 6.78. The number of halogens is 1. The van der Waals surface area contributed by atoms with Crippen molar-refractivity contribution in [3.8, 4) is 5.75 Å². The zero-order valence-electron chi connectivity index (χ0n) is 22.5. The third-order valence-electron chi connectivity index (χ3n) is 6.78. The molecule has 1 aromatic heterocycles. The Kier molecular flexibility index (Phi) is 10.6. The Morgan fingerprint density at radius 3 is 2.23 bits per heavy atom. The normalized spacial score (nSPS) is 16.5. The number of hydrogen-bond acceptors (Lipinski definition) is 6. The summed E-state index contributed by atoms with van der Waals surface area (Å²) in [5.74, 6) is -0.393. The average molecular weight is 580 g/mol. The molecule has 0 bridgehead atoms. The number of carbonyl (C=O) groups is 1. The second-order valence-electron chi connectivity index (χ2n) is 8.98. The minimum absolute atomic E-state index is 0. The summed E-state index contributed by atoms with van der Waals surface area (Å²) in [6.07, 6.45) is 3.81. The van der Waals surface area contributed by atoms with Crippen LogP contribution in [0, 0.1) is 16.8 Å². The van der Waals surface area contributed by atoms with E-state index in [4.69, 9.17) is 20.7 Å². The van der Waals surface area contributed by atoms with Crippen LogP contribution in [-0.4, -0.2) is 48.5 Å². The number of allylic oxidation sites excluding steroid dienone is 2. The number of nitrogens with one attached hydrogen (secondary N) is 2. The fourth-order valence-corrected chi connectivity index (χ4v) is 4.71. The van der Waals surface area contributed by atoms with Gasteiger partial charge in [-0.05, 0) is 80.1 Å². The van der Waals surface area contributed by atoms with Gasteiger partial charge in [0.1, 0.15) is 5.75 Å². The Morgan fingerprint density at radius 1 is 1.10 bits per heavy atom. The molecule has 0 saturated carbocycles. The van der Waals surface area contributed by atoms with Crippen LogP contribution >= 0.6 is 0 Å². The van der Waals surface area contributed by atoms with Gasteiger partial charge in [0.25, 0.3) is 0 Å². The summed E-state index contributed by atoms with van der Waals surface area (Å²) in [7, 11) is 4.70. The first-order valence-corrected chi connectivity index (χ1v) is 12.0. The molecule has 1 atom stereocenters. The minimum atomic E-state index is -0.517. The van der Waals surface area contributed by atoms with E-state index in [-0.39, 0.29) is 28.1 Å². The van der Waals surface area contributed by atoms with Crippen LogP contribution in [0.3, 0.4) is 0 Å². The first kappa shape index (κ1) is 31.3. The summed E-state index contributed by atoms with van der Waals surface area (Å²) < 4.78 is 25.3. The Hall–Kier alpha value is -3.89. The summed E-state index contributed by atoms with van der Waals surface area (Å²) in [6, 6.07) is 15.3. The number of aromatic nitrogens is 1. The van der Waals surface area contributed by atoms with Crippen LogP contribution in [-0.2, 0) is 40.4 Å². The number of carbonyl (C=O) groups excluding carboxylic acids is 1. The molecule has 39 heavy (non-hydrogen) atoms. The van der Waals surface area contributed by atoms with Crippen molar-refractivity contribution in [3.63, 3.8) is 0 Å². The topological polar surface area (TPSA) is 112 Å². The fourth-order valence-electron chi connectivity index (χ4n) is 4.71. The molecule has 209 valence electrons. The first-order chi connectivity index (χ1) is 18.1. The third kappa shape index (κ3) is 6.40. The maximum absolute atomic E-state index is 13.8. The van der Waals surface area contributed by atoms with Gasteiger partial charge < -0.3 is 29.5 Å². The Morgan fingerprint density at radius 2 is 1.74 bits per heavy atom. The molecule has 1 unspecified atom stereocenters. The number of aliphatic hydroxyl groups is 1. The first-order valence-electron chi connectivity index (χ1n) is 12.0. The molecule has 3 N–H and O–H groups in total. The molecule has 0 amide bonds. The van der Waals surface area contributed by atoms with Crippen LogP contribution in [0.5, 0.6) is 5.75 Å². The molecule has 1 aliphatic rings. The molecule has 2 heterocycles. The van der Waals surface area contributed by atoms with Gasteiger partial charge in [0, 0.05) is 71.1 Å². The van der Waals surface area contributed by atoms with E-state index in [1.165, 1.54) is 43.7 Å². The summed E-state index contributed by atoms with van der Waals surface area (Å²) in [5.41, 5.74) is 4.63. The largest absolute Gasteiger partial charge is 0.497 e. The number of rotatable bonds is 7. The van der Waals surface area contributed by atoms with Crippen LogP contribution in [0.2, 0.25) is 0 Å². The van der Waals surface area contributed by atoms with Gasteiger partial charge >= 0.3 is 5.97 Å². The van der Waals surface area contributed by atoms with E-state index in [0.29, 0.717) is 17.5 Å². The quantitative estimate of drug-likeness (QED) is 0.197. The van der Waals surface area contributed by atoms with Gasteiger partial charge in [-0.25, -0.2) is 4.79 Å². The van der Waals surface area contributed by atoms with Crippen LogP contribution < -0.4 is 9.64 Å². The summed E-state index contributed by atoms with van der Waals surface area (Å²) in [6.45, 7) is 5.05. The molecule has 0 spiro atoms. The maximum atomic E-state index is 13.8. The number of ether oxygens (including phenoxy) is 2. The van der Waals surface area contributed by atoms with E-state index in [1.807, 2.05) is 18.2 Å². The molecular weight excluding hydrogens is 546 g/mol. The van der Waals surface area contributed by atoms with Crippen LogP contribution in [0.25, 0.3) is 0 Å². The standard InChI is InChI=1S/C20H24FN3O.C9H9NO3.Co/c1-5-24-17-8-7-15(25-4)12-16(17)20(2,18(24)10-11-22)13-14-6-9-19(21)23(14)3;1-13-9(12)7-4-2-6(3-5-7)8(10)11;/h6-12,22H,5,13H2,1-4H3;2-5H,1H3,(H2,10,11);/b18-10-,22-11?;;. The van der Waals surface area contributed by atoms with Crippen molar-refractivity contribution in [3.05, 3.63) is 94.7 Å². The molecule has 1 radical (unpaired) electrons. The van der Waals surface area contributed by atoms with E-state index in [1.54, 1.807) is 18.7 Å². The molecule has 1 aliphatic heterocycles. The predicted molar refractivity (Wildman–Crippen MR) is 147 cm³/mol. The summed E-state index contributed by atoms with van der Waals surface area (Å²) in [5, 5.41) is 23.3. The smallest absolute Gasteiger partial charge is 0.337 e. The SMILES string of the molecule is CCN1/C(=C\C=N)C(C)(Cc2ccc(F)n2C)c2cc(OC)ccc21.COC(=O)c1ccc(C(=N)O)cc1.[Co]. The van der Waals surface area contributed by atoms with Gasteiger partial charge in [0.15, 0.2) is 5.95 Å². The van der Waals surface area contributed by atoms with Crippen molar-refractivity contribution in [1.82, 2.24) is 4.57 Å². The number of benzene rings is 2. The zero-order chi connectivity index (χ0) is 28.0. The molecule has 0 saturated heterocycles. The molecule has 2 aromatic carbocycles. The molecule has 0 aliphatic carbocycles. The van der Waals surface area contributed by atoms with Crippen molar-refractivity contribution in [2.45, 2.75) is 25.7 Å². The number of methoxy groups -OCH3 is 2. The van der Waals surface area contributed by atoms with Gasteiger partial charge in [0.2, 0.25) is 5.90 Å². The molecule has 0 fully saturated rings. The van der Waals surface area contributed by atoms with E-state index in [9.17, 15) is 9.18 Å². The van der Waals surface area contributed by atoms with E-state index in [2.05, 4.69) is 35.6 Å². The van der Waals surface area contributed by atoms with E-state index < -0.39 is 11.9 Å². The Labute approximate surface area is 238 Å². The van der Waals surface area contributed by atoms with Crippen molar-refractivity contribution < 1.29 is 40.5 Å². The minimum Gasteiger partial charge on any atom is -0.497 e. The number of nitrogens with zero attached hydrogens (tertiary/aromatic N) is 2. The van der Waals surface area contributed by atoms with Crippen molar-refractivity contribution in [2.24, 2.45) is 7.05 Å². The van der Waals surface area contributed by atoms with Crippen molar-refractivity contribution >= 4 is 23.8 Å². The van der Waals surface area contributed by atoms with Crippen LogP contribution in [0.1, 0.15) is 41.0 Å². The van der Waals surface area contributed by atoms with E-state index in [0.717, 1.165) is 34.9 Å². The van der Waals surface area contributed by atoms with Crippen LogP contribution in [0.4, 0.5) is 10.1 Å². The molecular formula is C29H33CoFN4O4. The van der Waals surface area contributed by atoms with Crippen molar-refractivity contribution in [2.75, 3.05) is 25.7 Å². The van der Waals surface area contributed by atoms with Gasteiger partial charge in [-0.3, -0.25) is 5.41 Å². The Balaban J connectivity index is 0.000000324. The summed E-state index contributed by atoms with van der Waals surface area (Å²) in [4.78, 5) is 13.2. The number of fused-ring (bicyclic) bond motifs is 1. The predicted octanol–water partition coefficient (Wildman–Crippen LogP) is 5.40. The number of aliphatic hydroxyl groups excluding tert-OH is 1. The molecule has 4 rings (SSSR count). The van der Waals surface area contributed by atoms with Gasteiger partial charge in [0.05, 0.1) is 19.8 Å². The fraction of sp³-hybridized carbons (Fsp3) is 0.276. The molecule has 10 heteroatoms. The number of esters is 1. The van der Waals surface area contributed by atoms with E-state index >= 15 is 0 Å². The number of anilines is 1. The summed E-state index contributed by atoms with van der Waals surface area (Å²) >= 11 is 0. The number of hydrogen-bond donors (Lipinski definition) is 3. The van der Waals surface area contributed by atoms with Crippen molar-refractivity contribution in [1.29, 1.82) is 10.8 Å². The van der Waals surface area contributed by atoms with Gasteiger partial charge in [-0.2, -0.15) is 4.39 Å².